The first-order valence-corrected chi connectivity index (χ1v) is 7.05. The first-order valence-electron chi connectivity index (χ1n) is 5.86. The van der Waals surface area contributed by atoms with Gasteiger partial charge in [0.1, 0.15) is 5.82 Å². The van der Waals surface area contributed by atoms with Crippen molar-refractivity contribution in [2.45, 2.75) is 26.3 Å². The predicted octanol–water partition coefficient (Wildman–Crippen LogP) is 3.30. The van der Waals surface area contributed by atoms with Gasteiger partial charge in [0, 0.05) is 15.5 Å². The molecule has 6 heteroatoms. The third-order valence-corrected chi connectivity index (χ3v) is 4.47. The average molecular weight is 300 g/mol. The molecule has 0 bridgehead atoms. The van der Waals surface area contributed by atoms with Crippen LogP contribution < -0.4 is 11.3 Å². The molecular formula is C13H15ClFN3S. The summed E-state index contributed by atoms with van der Waals surface area (Å²) in [7, 11) is 0. The minimum Gasteiger partial charge on any atom is -0.271 e. The average Bonchev–Trinajstić information content (AvgIpc) is 2.68. The second-order valence-electron chi connectivity index (χ2n) is 4.31. The van der Waals surface area contributed by atoms with Gasteiger partial charge in [0.2, 0.25) is 0 Å². The molecule has 2 aromatic rings. The zero-order valence-corrected chi connectivity index (χ0v) is 12.3. The summed E-state index contributed by atoms with van der Waals surface area (Å²) in [5, 5.41) is 1.38. The molecule has 0 saturated heterocycles. The Morgan fingerprint density at radius 2 is 2.21 bits per heavy atom. The second-order valence-corrected chi connectivity index (χ2v) is 5.95. The highest BCUT2D eigenvalue weighted by molar-refractivity contribution is 7.11. The number of hydrogen-bond donors (Lipinski definition) is 2. The van der Waals surface area contributed by atoms with Crippen LogP contribution in [0.3, 0.4) is 0 Å². The van der Waals surface area contributed by atoms with E-state index in [1.807, 2.05) is 13.8 Å². The molecule has 0 saturated carbocycles. The van der Waals surface area contributed by atoms with E-state index >= 15 is 0 Å². The molecule has 0 aliphatic heterocycles. The smallest absolute Gasteiger partial charge is 0.127 e. The number of nitrogens with one attached hydrogen (secondary N) is 1. The number of hydrazine groups is 1. The molecule has 3 nitrogen and oxygen atoms in total. The Morgan fingerprint density at radius 1 is 1.47 bits per heavy atom. The zero-order chi connectivity index (χ0) is 14.0. The van der Waals surface area contributed by atoms with Crippen LogP contribution in [-0.4, -0.2) is 4.98 Å². The van der Waals surface area contributed by atoms with E-state index in [-0.39, 0.29) is 11.9 Å². The largest absolute Gasteiger partial charge is 0.271 e. The van der Waals surface area contributed by atoms with Gasteiger partial charge in [-0.15, -0.1) is 11.3 Å². The molecule has 0 amide bonds. The molecule has 3 N–H and O–H groups in total. The maximum absolute atomic E-state index is 13.8. The predicted molar refractivity (Wildman–Crippen MR) is 76.8 cm³/mol. The number of nitrogens with zero attached hydrogens (tertiary/aromatic N) is 1. The summed E-state index contributed by atoms with van der Waals surface area (Å²) in [6.45, 7) is 3.86. The summed E-state index contributed by atoms with van der Waals surface area (Å²) in [5.41, 5.74) is 4.11. The minimum atomic E-state index is -0.313. The lowest BCUT2D eigenvalue weighted by Gasteiger charge is -2.16. The van der Waals surface area contributed by atoms with Gasteiger partial charge >= 0.3 is 0 Å². The topological polar surface area (TPSA) is 50.9 Å². The standard InChI is InChI=1S/C13H15ClFN3S/c1-7-13(19-8(2)17-7)12(18-16)6-9-10(14)4-3-5-11(9)15/h3-5,12,18H,6,16H2,1-2H3. The summed E-state index contributed by atoms with van der Waals surface area (Å²) in [6.07, 6.45) is 0.393. The molecule has 0 aliphatic rings. The molecule has 1 atom stereocenters. The highest BCUT2D eigenvalue weighted by Gasteiger charge is 2.19. The zero-order valence-electron chi connectivity index (χ0n) is 10.7. The molecule has 1 aromatic carbocycles. The lowest BCUT2D eigenvalue weighted by molar-refractivity contribution is 0.533. The van der Waals surface area contributed by atoms with Crippen LogP contribution in [0.15, 0.2) is 18.2 Å². The Morgan fingerprint density at radius 3 is 2.74 bits per heavy atom. The van der Waals surface area contributed by atoms with Gasteiger partial charge in [-0.1, -0.05) is 17.7 Å². The molecule has 19 heavy (non-hydrogen) atoms. The van der Waals surface area contributed by atoms with Crippen molar-refractivity contribution < 1.29 is 4.39 Å². The van der Waals surface area contributed by atoms with Crippen LogP contribution in [0.5, 0.6) is 0 Å². The maximum Gasteiger partial charge on any atom is 0.127 e. The summed E-state index contributed by atoms with van der Waals surface area (Å²) in [5.74, 6) is 5.28. The van der Waals surface area contributed by atoms with Crippen molar-refractivity contribution in [1.29, 1.82) is 0 Å². The minimum absolute atomic E-state index is 0.194. The molecule has 1 aromatic heterocycles. The summed E-state index contributed by atoms with van der Waals surface area (Å²) in [4.78, 5) is 5.38. The quantitative estimate of drug-likeness (QED) is 0.673. The highest BCUT2D eigenvalue weighted by Crippen LogP contribution is 2.30. The molecule has 0 radical (unpaired) electrons. The van der Waals surface area contributed by atoms with Crippen LogP contribution in [0.1, 0.15) is 27.2 Å². The van der Waals surface area contributed by atoms with Gasteiger partial charge in [-0.05, 0) is 32.4 Å². The fraction of sp³-hybridized carbons (Fsp3) is 0.308. The van der Waals surface area contributed by atoms with E-state index in [1.165, 1.54) is 6.07 Å². The molecule has 1 heterocycles. The number of nitrogens with two attached hydrogens (primary N) is 1. The number of thiazole rings is 1. The first kappa shape index (κ1) is 14.4. The van der Waals surface area contributed by atoms with Gasteiger partial charge in [-0.25, -0.2) is 9.37 Å². The molecule has 102 valence electrons. The fourth-order valence-electron chi connectivity index (χ4n) is 2.03. The first-order chi connectivity index (χ1) is 9.02. The van der Waals surface area contributed by atoms with Crippen LogP contribution >= 0.6 is 22.9 Å². The second kappa shape index (κ2) is 5.96. The lowest BCUT2D eigenvalue weighted by Crippen LogP contribution is -2.29. The van der Waals surface area contributed by atoms with Crippen LogP contribution in [-0.2, 0) is 6.42 Å². The number of halogens is 2. The lowest BCUT2D eigenvalue weighted by atomic mass is 10.0. The SMILES string of the molecule is Cc1nc(C)c(C(Cc2c(F)cccc2Cl)NN)s1. The van der Waals surface area contributed by atoms with Gasteiger partial charge in [-0.3, -0.25) is 11.3 Å². The van der Waals surface area contributed by atoms with Crippen molar-refractivity contribution >= 4 is 22.9 Å². The van der Waals surface area contributed by atoms with Crippen molar-refractivity contribution in [3.8, 4) is 0 Å². The number of benzene rings is 1. The summed E-state index contributed by atoms with van der Waals surface area (Å²) in [6, 6.07) is 4.48. The van der Waals surface area contributed by atoms with Crippen molar-refractivity contribution in [3.63, 3.8) is 0 Å². The van der Waals surface area contributed by atoms with Gasteiger partial charge in [0.25, 0.3) is 0 Å². The van der Waals surface area contributed by atoms with Crippen molar-refractivity contribution in [2.75, 3.05) is 0 Å². The molecule has 0 aliphatic carbocycles. The van der Waals surface area contributed by atoms with E-state index in [9.17, 15) is 4.39 Å². The van der Waals surface area contributed by atoms with E-state index in [4.69, 9.17) is 17.4 Å². The van der Waals surface area contributed by atoms with E-state index in [1.54, 1.807) is 23.5 Å². The number of rotatable bonds is 4. The highest BCUT2D eigenvalue weighted by atomic mass is 35.5. The molecule has 0 fully saturated rings. The van der Waals surface area contributed by atoms with Gasteiger partial charge in [0.05, 0.1) is 16.7 Å². The third-order valence-electron chi connectivity index (χ3n) is 2.93. The summed E-state index contributed by atoms with van der Waals surface area (Å²) < 4.78 is 13.8. The van der Waals surface area contributed by atoms with Crippen LogP contribution in [0.4, 0.5) is 4.39 Å². The van der Waals surface area contributed by atoms with Crippen LogP contribution in [0.2, 0.25) is 5.02 Å². The summed E-state index contributed by atoms with van der Waals surface area (Å²) >= 11 is 7.60. The van der Waals surface area contributed by atoms with Crippen molar-refractivity contribution in [3.05, 3.63) is 50.2 Å². The van der Waals surface area contributed by atoms with Gasteiger partial charge < -0.3 is 0 Å². The molecule has 1 unspecified atom stereocenters. The van der Waals surface area contributed by atoms with Crippen LogP contribution in [0, 0.1) is 19.7 Å². The van der Waals surface area contributed by atoms with E-state index < -0.39 is 0 Å². The third kappa shape index (κ3) is 3.12. The molecule has 0 spiro atoms. The number of hydrogen-bond acceptors (Lipinski definition) is 4. The van der Waals surface area contributed by atoms with Crippen LogP contribution in [0.25, 0.3) is 0 Å². The molecular weight excluding hydrogens is 285 g/mol. The normalized spacial score (nSPS) is 12.7. The Bertz CT molecular complexity index is 565. The number of aryl methyl sites for hydroxylation is 2. The Kier molecular flexibility index (Phi) is 4.52. The molecule has 2 rings (SSSR count). The number of aromatic nitrogens is 1. The van der Waals surface area contributed by atoms with Gasteiger partial charge in [-0.2, -0.15) is 0 Å². The van der Waals surface area contributed by atoms with Crippen molar-refractivity contribution in [1.82, 2.24) is 10.4 Å². The van der Waals surface area contributed by atoms with E-state index in [2.05, 4.69) is 10.4 Å². The Labute approximate surface area is 120 Å². The van der Waals surface area contributed by atoms with Crippen molar-refractivity contribution in [2.24, 2.45) is 5.84 Å². The fourth-order valence-corrected chi connectivity index (χ4v) is 3.26. The van der Waals surface area contributed by atoms with Gasteiger partial charge in [0.15, 0.2) is 0 Å². The Balaban J connectivity index is 2.32. The van der Waals surface area contributed by atoms with E-state index in [0.717, 1.165) is 15.6 Å². The monoisotopic (exact) mass is 299 g/mol. The van der Waals surface area contributed by atoms with E-state index in [0.29, 0.717) is 17.0 Å². The maximum atomic E-state index is 13.8. The Hall–Kier alpha value is -1.01.